The van der Waals surface area contributed by atoms with Gasteiger partial charge in [-0.3, -0.25) is 9.67 Å². The number of aryl methyl sites for hydroxylation is 1. The molecule has 6 rings (SSSR count). The Bertz CT molecular complexity index is 1460. The molecule has 5 nitrogen and oxygen atoms in total. The van der Waals surface area contributed by atoms with E-state index in [1.165, 1.54) is 0 Å². The topological polar surface area (TPSA) is 69.6 Å². The zero-order valence-electron chi connectivity index (χ0n) is 17.3. The molecule has 0 saturated carbocycles. The van der Waals surface area contributed by atoms with E-state index in [1.54, 1.807) is 18.3 Å². The van der Waals surface area contributed by atoms with E-state index in [-0.39, 0.29) is 5.82 Å². The van der Waals surface area contributed by atoms with Gasteiger partial charge in [0.2, 0.25) is 0 Å². The van der Waals surface area contributed by atoms with E-state index < -0.39 is 0 Å². The van der Waals surface area contributed by atoms with Gasteiger partial charge in [0.05, 0.1) is 16.8 Å². The third-order valence-electron chi connectivity index (χ3n) is 6.02. The predicted molar refractivity (Wildman–Crippen MR) is 124 cm³/mol. The van der Waals surface area contributed by atoms with Gasteiger partial charge in [0, 0.05) is 35.1 Å². The van der Waals surface area contributed by atoms with Crippen LogP contribution in [0, 0.1) is 5.82 Å². The summed E-state index contributed by atoms with van der Waals surface area (Å²) in [6.45, 7) is 0.815. The maximum Gasteiger partial charge on any atom is 0.158 e. The third-order valence-corrected chi connectivity index (χ3v) is 6.02. The standard InChI is InChI=1S/C26H20FN5/c27-24-22(16-10-12-17(28)13-11-16)18-6-1-2-7-19(18)30-26(24)23-21-9-5-15-32(21)31-25(23)20-8-3-4-14-29-20/h1-4,6-8,10-14H,5,9,15,28H2. The van der Waals surface area contributed by atoms with Crippen molar-refractivity contribution in [2.75, 3.05) is 5.73 Å². The Balaban J connectivity index is 1.69. The lowest BCUT2D eigenvalue weighted by Gasteiger charge is -2.14. The molecule has 0 spiro atoms. The number of hydrogen-bond acceptors (Lipinski definition) is 4. The number of halogens is 1. The van der Waals surface area contributed by atoms with Crippen molar-refractivity contribution in [3.8, 4) is 33.8 Å². The second-order valence-electron chi connectivity index (χ2n) is 8.00. The summed E-state index contributed by atoms with van der Waals surface area (Å²) in [4.78, 5) is 9.29. The van der Waals surface area contributed by atoms with E-state index in [0.717, 1.165) is 47.1 Å². The van der Waals surface area contributed by atoms with E-state index in [2.05, 4.69) is 4.98 Å². The van der Waals surface area contributed by atoms with Gasteiger partial charge in [0.15, 0.2) is 5.82 Å². The minimum Gasteiger partial charge on any atom is -0.399 e. The van der Waals surface area contributed by atoms with Gasteiger partial charge in [-0.2, -0.15) is 5.10 Å². The number of nitrogens with two attached hydrogens (primary N) is 1. The van der Waals surface area contributed by atoms with Crippen LogP contribution < -0.4 is 5.73 Å². The Morgan fingerprint density at radius 2 is 1.69 bits per heavy atom. The molecule has 0 aliphatic carbocycles. The summed E-state index contributed by atoms with van der Waals surface area (Å²) in [7, 11) is 0. The smallest absolute Gasteiger partial charge is 0.158 e. The van der Waals surface area contributed by atoms with Crippen molar-refractivity contribution in [2.24, 2.45) is 0 Å². The summed E-state index contributed by atoms with van der Waals surface area (Å²) in [6, 6.07) is 20.6. The molecule has 0 saturated heterocycles. The molecule has 32 heavy (non-hydrogen) atoms. The highest BCUT2D eigenvalue weighted by atomic mass is 19.1. The quantitative estimate of drug-likeness (QED) is 0.391. The van der Waals surface area contributed by atoms with Crippen LogP contribution in [0.15, 0.2) is 72.9 Å². The first-order chi connectivity index (χ1) is 15.7. The molecule has 2 aromatic carbocycles. The van der Waals surface area contributed by atoms with E-state index in [9.17, 15) is 0 Å². The lowest BCUT2D eigenvalue weighted by Crippen LogP contribution is -1.99. The average molecular weight is 421 g/mol. The summed E-state index contributed by atoms with van der Waals surface area (Å²) in [6.07, 6.45) is 3.55. The Kier molecular flexibility index (Phi) is 4.24. The molecule has 0 radical (unpaired) electrons. The molecule has 0 amide bonds. The fourth-order valence-corrected chi connectivity index (χ4v) is 4.55. The van der Waals surface area contributed by atoms with Gasteiger partial charge in [0.1, 0.15) is 11.4 Å². The van der Waals surface area contributed by atoms with E-state index >= 15 is 4.39 Å². The molecule has 1 aliphatic heterocycles. The van der Waals surface area contributed by atoms with Gasteiger partial charge >= 0.3 is 0 Å². The number of hydrogen-bond donors (Lipinski definition) is 1. The maximum absolute atomic E-state index is 16.4. The Morgan fingerprint density at radius 3 is 2.50 bits per heavy atom. The number of aromatic nitrogens is 4. The fourth-order valence-electron chi connectivity index (χ4n) is 4.55. The second kappa shape index (κ2) is 7.27. The third kappa shape index (κ3) is 2.87. The molecule has 0 bridgehead atoms. The molecular formula is C26H20FN5. The van der Waals surface area contributed by atoms with Crippen LogP contribution in [-0.2, 0) is 13.0 Å². The van der Waals surface area contributed by atoms with Crippen molar-refractivity contribution in [2.45, 2.75) is 19.4 Å². The number of fused-ring (bicyclic) bond motifs is 2. The van der Waals surface area contributed by atoms with Crippen LogP contribution in [0.1, 0.15) is 12.1 Å². The van der Waals surface area contributed by atoms with Crippen molar-refractivity contribution in [3.05, 3.63) is 84.4 Å². The summed E-state index contributed by atoms with van der Waals surface area (Å²) in [5.41, 5.74) is 12.0. The highest BCUT2D eigenvalue weighted by molar-refractivity contribution is 5.98. The number of rotatable bonds is 3. The van der Waals surface area contributed by atoms with Gasteiger partial charge in [-0.15, -0.1) is 0 Å². The monoisotopic (exact) mass is 421 g/mol. The second-order valence-corrected chi connectivity index (χ2v) is 8.00. The molecule has 4 heterocycles. The highest BCUT2D eigenvalue weighted by Gasteiger charge is 2.29. The van der Waals surface area contributed by atoms with Gasteiger partial charge in [0.25, 0.3) is 0 Å². The number of benzene rings is 2. The lowest BCUT2D eigenvalue weighted by molar-refractivity contribution is 0.631. The summed E-state index contributed by atoms with van der Waals surface area (Å²) >= 11 is 0. The van der Waals surface area contributed by atoms with Crippen molar-refractivity contribution >= 4 is 16.6 Å². The van der Waals surface area contributed by atoms with Crippen LogP contribution in [0.5, 0.6) is 0 Å². The van der Waals surface area contributed by atoms with Crippen molar-refractivity contribution in [1.29, 1.82) is 0 Å². The van der Waals surface area contributed by atoms with Crippen LogP contribution in [0.25, 0.3) is 44.7 Å². The lowest BCUT2D eigenvalue weighted by atomic mass is 9.95. The van der Waals surface area contributed by atoms with Crippen molar-refractivity contribution in [3.63, 3.8) is 0 Å². The van der Waals surface area contributed by atoms with Crippen LogP contribution >= 0.6 is 0 Å². The minimum absolute atomic E-state index is 0.319. The number of nitrogens with zero attached hydrogens (tertiary/aromatic N) is 4. The predicted octanol–water partition coefficient (Wildman–Crippen LogP) is 5.49. The highest BCUT2D eigenvalue weighted by Crippen LogP contribution is 2.41. The molecule has 5 aromatic rings. The summed E-state index contributed by atoms with van der Waals surface area (Å²) in [5.74, 6) is -0.353. The minimum atomic E-state index is -0.353. The molecular weight excluding hydrogens is 401 g/mol. The normalized spacial score (nSPS) is 12.9. The van der Waals surface area contributed by atoms with E-state index in [1.807, 2.05) is 59.3 Å². The van der Waals surface area contributed by atoms with Crippen LogP contribution in [0.4, 0.5) is 10.1 Å². The van der Waals surface area contributed by atoms with Crippen LogP contribution in [0.3, 0.4) is 0 Å². The maximum atomic E-state index is 16.4. The zero-order valence-corrected chi connectivity index (χ0v) is 17.3. The molecule has 0 fully saturated rings. The zero-order chi connectivity index (χ0) is 21.7. The molecule has 0 unspecified atom stereocenters. The molecule has 6 heteroatoms. The van der Waals surface area contributed by atoms with E-state index in [0.29, 0.717) is 28.3 Å². The molecule has 156 valence electrons. The van der Waals surface area contributed by atoms with E-state index in [4.69, 9.17) is 15.8 Å². The fraction of sp³-hybridized carbons (Fsp3) is 0.115. The van der Waals surface area contributed by atoms with Gasteiger partial charge < -0.3 is 5.73 Å². The summed E-state index contributed by atoms with van der Waals surface area (Å²) < 4.78 is 18.3. The Morgan fingerprint density at radius 1 is 0.875 bits per heavy atom. The van der Waals surface area contributed by atoms with Crippen LogP contribution in [0.2, 0.25) is 0 Å². The molecule has 2 N–H and O–H groups in total. The van der Waals surface area contributed by atoms with Crippen LogP contribution in [-0.4, -0.2) is 19.7 Å². The summed E-state index contributed by atoms with van der Waals surface area (Å²) in [5, 5.41) is 5.57. The number of para-hydroxylation sites is 1. The van der Waals surface area contributed by atoms with Crippen molar-refractivity contribution < 1.29 is 4.39 Å². The van der Waals surface area contributed by atoms with Gasteiger partial charge in [-0.05, 0) is 48.7 Å². The van der Waals surface area contributed by atoms with Gasteiger partial charge in [-0.25, -0.2) is 9.37 Å². The SMILES string of the molecule is Nc1ccc(-c2c(F)c(-c3c(-c4ccccn4)nn4c3CCC4)nc3ccccc23)cc1. The first-order valence-corrected chi connectivity index (χ1v) is 10.7. The molecule has 3 aromatic heterocycles. The molecule has 0 atom stereocenters. The average Bonchev–Trinajstić information content (AvgIpc) is 3.42. The number of anilines is 1. The number of pyridine rings is 2. The van der Waals surface area contributed by atoms with Gasteiger partial charge in [-0.1, -0.05) is 36.4 Å². The number of nitrogen functional groups attached to an aromatic ring is 1. The first kappa shape index (κ1) is 18.7. The molecule has 1 aliphatic rings. The Hall–Kier alpha value is -4.06. The largest absolute Gasteiger partial charge is 0.399 e. The van der Waals surface area contributed by atoms with Crippen molar-refractivity contribution in [1.82, 2.24) is 19.7 Å². The first-order valence-electron chi connectivity index (χ1n) is 10.7. The Labute approximate surface area is 184 Å².